The molecule has 1 saturated carbocycles. The first-order valence-electron chi connectivity index (χ1n) is 7.07. The van der Waals surface area contributed by atoms with E-state index in [4.69, 9.17) is 4.74 Å². The third kappa shape index (κ3) is 5.36. The van der Waals surface area contributed by atoms with Gasteiger partial charge in [0, 0.05) is 26.8 Å². The maximum Gasteiger partial charge on any atom is 0.236 e. The van der Waals surface area contributed by atoms with Crippen LogP contribution in [0.15, 0.2) is 0 Å². The van der Waals surface area contributed by atoms with E-state index in [9.17, 15) is 4.79 Å². The molecule has 0 aliphatic heterocycles. The van der Waals surface area contributed by atoms with Crippen LogP contribution in [-0.2, 0) is 9.53 Å². The van der Waals surface area contributed by atoms with Gasteiger partial charge in [0.15, 0.2) is 0 Å². The highest BCUT2D eigenvalue weighted by molar-refractivity contribution is 5.81. The predicted octanol–water partition coefficient (Wildman–Crippen LogP) is 1.70. The molecule has 1 aliphatic carbocycles. The molecule has 1 rings (SSSR count). The van der Waals surface area contributed by atoms with Crippen molar-refractivity contribution in [1.29, 1.82) is 0 Å². The Balaban J connectivity index is 2.15. The maximum absolute atomic E-state index is 11.8. The number of hydrogen-bond acceptors (Lipinski definition) is 3. The van der Waals surface area contributed by atoms with E-state index in [1.807, 2.05) is 6.92 Å². The van der Waals surface area contributed by atoms with Gasteiger partial charge in [0.2, 0.25) is 5.91 Å². The molecule has 0 saturated heterocycles. The molecule has 0 aromatic carbocycles. The topological polar surface area (TPSA) is 50.4 Å². The lowest BCUT2D eigenvalue weighted by Gasteiger charge is -2.26. The van der Waals surface area contributed by atoms with Gasteiger partial charge >= 0.3 is 0 Å². The Morgan fingerprint density at radius 1 is 1.39 bits per heavy atom. The summed E-state index contributed by atoms with van der Waals surface area (Å²) in [7, 11) is 1.67. The lowest BCUT2D eigenvalue weighted by atomic mass is 9.88. The molecule has 0 aromatic rings. The van der Waals surface area contributed by atoms with E-state index in [0.717, 1.165) is 13.0 Å². The van der Waals surface area contributed by atoms with Crippen LogP contribution in [0.2, 0.25) is 0 Å². The SMILES string of the molecule is COCCCNC(=O)C(C)NCC1(C)CCCC1. The molecule has 1 amide bonds. The van der Waals surface area contributed by atoms with Gasteiger partial charge in [-0.15, -0.1) is 0 Å². The van der Waals surface area contributed by atoms with E-state index in [0.29, 0.717) is 18.6 Å². The molecule has 18 heavy (non-hydrogen) atoms. The monoisotopic (exact) mass is 256 g/mol. The smallest absolute Gasteiger partial charge is 0.236 e. The van der Waals surface area contributed by atoms with E-state index < -0.39 is 0 Å². The summed E-state index contributed by atoms with van der Waals surface area (Å²) in [5, 5.41) is 6.29. The molecule has 0 aromatic heterocycles. The summed E-state index contributed by atoms with van der Waals surface area (Å²) in [5.41, 5.74) is 0.393. The number of rotatable bonds is 8. The number of nitrogens with one attached hydrogen (secondary N) is 2. The van der Waals surface area contributed by atoms with E-state index in [2.05, 4.69) is 17.6 Å². The van der Waals surface area contributed by atoms with Gasteiger partial charge in [-0.1, -0.05) is 19.8 Å². The van der Waals surface area contributed by atoms with E-state index >= 15 is 0 Å². The summed E-state index contributed by atoms with van der Waals surface area (Å²) < 4.78 is 4.95. The first-order chi connectivity index (χ1) is 8.57. The zero-order valence-electron chi connectivity index (χ0n) is 12.1. The molecule has 0 spiro atoms. The minimum absolute atomic E-state index is 0.0905. The number of hydrogen-bond donors (Lipinski definition) is 2. The van der Waals surface area contributed by atoms with Crippen molar-refractivity contribution >= 4 is 5.91 Å². The van der Waals surface area contributed by atoms with Crippen molar-refractivity contribution in [3.05, 3.63) is 0 Å². The average molecular weight is 256 g/mol. The van der Waals surface area contributed by atoms with Gasteiger partial charge in [-0.25, -0.2) is 0 Å². The van der Waals surface area contributed by atoms with E-state index in [1.165, 1.54) is 25.7 Å². The van der Waals surface area contributed by atoms with Gasteiger partial charge in [-0.05, 0) is 31.6 Å². The molecular formula is C14H28N2O2. The molecule has 1 fully saturated rings. The fraction of sp³-hybridized carbons (Fsp3) is 0.929. The van der Waals surface area contributed by atoms with Gasteiger partial charge in [-0.2, -0.15) is 0 Å². The molecule has 0 radical (unpaired) electrons. The Kier molecular flexibility index (Phi) is 6.65. The van der Waals surface area contributed by atoms with Crippen molar-refractivity contribution in [2.24, 2.45) is 5.41 Å². The van der Waals surface area contributed by atoms with Crippen molar-refractivity contribution in [3.63, 3.8) is 0 Å². The third-order valence-electron chi connectivity index (χ3n) is 3.86. The standard InChI is InChI=1S/C14H28N2O2/c1-12(13(17)15-9-6-10-18-3)16-11-14(2)7-4-5-8-14/h12,16H,4-11H2,1-3H3,(H,15,17). The van der Waals surface area contributed by atoms with Crippen molar-refractivity contribution < 1.29 is 9.53 Å². The number of carbonyl (C=O) groups is 1. The Labute approximate surface area is 111 Å². The summed E-state index contributed by atoms with van der Waals surface area (Å²) in [4.78, 5) is 11.8. The molecule has 4 heteroatoms. The number of carbonyl (C=O) groups excluding carboxylic acids is 1. The fourth-order valence-electron chi connectivity index (χ4n) is 2.48. The summed E-state index contributed by atoms with van der Waals surface area (Å²) in [6.07, 6.45) is 6.09. The molecule has 1 atom stereocenters. The first kappa shape index (κ1) is 15.4. The number of methoxy groups -OCH3 is 1. The summed E-state index contributed by atoms with van der Waals surface area (Å²) >= 11 is 0. The maximum atomic E-state index is 11.8. The highest BCUT2D eigenvalue weighted by atomic mass is 16.5. The number of amides is 1. The zero-order valence-corrected chi connectivity index (χ0v) is 12.1. The second-order valence-electron chi connectivity index (χ2n) is 5.76. The lowest BCUT2D eigenvalue weighted by Crippen LogP contribution is -2.45. The summed E-state index contributed by atoms with van der Waals surface area (Å²) in [5.74, 6) is 0.0905. The highest BCUT2D eigenvalue weighted by Crippen LogP contribution is 2.36. The Bertz CT molecular complexity index is 250. The van der Waals surface area contributed by atoms with Gasteiger partial charge < -0.3 is 15.4 Å². The second-order valence-corrected chi connectivity index (χ2v) is 5.76. The van der Waals surface area contributed by atoms with E-state index in [1.54, 1.807) is 7.11 Å². The van der Waals surface area contributed by atoms with Crippen LogP contribution >= 0.6 is 0 Å². The minimum Gasteiger partial charge on any atom is -0.385 e. The van der Waals surface area contributed by atoms with Gasteiger partial charge in [0.05, 0.1) is 6.04 Å². The molecule has 1 unspecified atom stereocenters. The van der Waals surface area contributed by atoms with Crippen LogP contribution in [0.4, 0.5) is 0 Å². The Hall–Kier alpha value is -0.610. The summed E-state index contributed by atoms with van der Waals surface area (Å²) in [6.45, 7) is 6.58. The van der Waals surface area contributed by atoms with Crippen molar-refractivity contribution in [3.8, 4) is 0 Å². The lowest BCUT2D eigenvalue weighted by molar-refractivity contribution is -0.122. The predicted molar refractivity (Wildman–Crippen MR) is 73.5 cm³/mol. The molecule has 0 heterocycles. The molecule has 4 nitrogen and oxygen atoms in total. The summed E-state index contributed by atoms with van der Waals surface area (Å²) in [6, 6.07) is -0.107. The fourth-order valence-corrected chi connectivity index (χ4v) is 2.48. The quantitative estimate of drug-likeness (QED) is 0.650. The van der Waals surface area contributed by atoms with Crippen molar-refractivity contribution in [1.82, 2.24) is 10.6 Å². The molecular weight excluding hydrogens is 228 g/mol. The van der Waals surface area contributed by atoms with Crippen molar-refractivity contribution in [2.75, 3.05) is 26.8 Å². The normalized spacial score (nSPS) is 19.7. The van der Waals surface area contributed by atoms with Crippen molar-refractivity contribution in [2.45, 2.75) is 52.0 Å². The average Bonchev–Trinajstić information content (AvgIpc) is 2.79. The van der Waals surface area contributed by atoms with Gasteiger partial charge in [0.25, 0.3) is 0 Å². The van der Waals surface area contributed by atoms with E-state index in [-0.39, 0.29) is 11.9 Å². The van der Waals surface area contributed by atoms with Crippen LogP contribution in [0.1, 0.15) is 46.0 Å². The number of ether oxygens (including phenoxy) is 1. The molecule has 1 aliphatic rings. The largest absolute Gasteiger partial charge is 0.385 e. The Morgan fingerprint density at radius 2 is 2.06 bits per heavy atom. The highest BCUT2D eigenvalue weighted by Gasteiger charge is 2.29. The zero-order chi connectivity index (χ0) is 13.4. The third-order valence-corrected chi connectivity index (χ3v) is 3.86. The van der Waals surface area contributed by atoms with Crippen LogP contribution in [0.25, 0.3) is 0 Å². The van der Waals surface area contributed by atoms with Crippen LogP contribution in [0.3, 0.4) is 0 Å². The van der Waals surface area contributed by atoms with Gasteiger partial charge in [-0.3, -0.25) is 4.79 Å². The minimum atomic E-state index is -0.107. The van der Waals surface area contributed by atoms with Gasteiger partial charge in [0.1, 0.15) is 0 Å². The van der Waals surface area contributed by atoms with Crippen LogP contribution < -0.4 is 10.6 Å². The molecule has 2 N–H and O–H groups in total. The second kappa shape index (κ2) is 7.74. The molecule has 0 bridgehead atoms. The Morgan fingerprint density at radius 3 is 2.67 bits per heavy atom. The van der Waals surface area contributed by atoms with Crippen LogP contribution in [0.5, 0.6) is 0 Å². The van der Waals surface area contributed by atoms with Crippen LogP contribution in [-0.4, -0.2) is 38.8 Å². The first-order valence-corrected chi connectivity index (χ1v) is 7.07. The van der Waals surface area contributed by atoms with Crippen LogP contribution in [0, 0.1) is 5.41 Å². The molecule has 106 valence electrons.